The Kier molecular flexibility index (Phi) is 6.82. The first-order valence-corrected chi connectivity index (χ1v) is 9.17. The maximum absolute atomic E-state index is 5.45. The molecule has 0 aromatic heterocycles. The second-order valence-electron chi connectivity index (χ2n) is 6.91. The molecule has 2 rings (SSSR count). The molecule has 0 heterocycles. The summed E-state index contributed by atoms with van der Waals surface area (Å²) in [7, 11) is 0. The zero-order valence-corrected chi connectivity index (χ0v) is 16.3. The molecule has 0 radical (unpaired) electrons. The van der Waals surface area contributed by atoms with Crippen molar-refractivity contribution in [1.82, 2.24) is 5.32 Å². The minimum absolute atomic E-state index is 0.0857. The number of rotatable bonds is 7. The lowest BCUT2D eigenvalue weighted by molar-refractivity contribution is 0.340. The van der Waals surface area contributed by atoms with Crippen LogP contribution in [0, 0.1) is 0 Å². The number of hydrogen-bond donors (Lipinski definition) is 2. The highest BCUT2D eigenvalue weighted by Gasteiger charge is 2.23. The van der Waals surface area contributed by atoms with Gasteiger partial charge in [0.25, 0.3) is 0 Å². The van der Waals surface area contributed by atoms with Gasteiger partial charge in [0.05, 0.1) is 6.61 Å². The van der Waals surface area contributed by atoms with Gasteiger partial charge >= 0.3 is 0 Å². The van der Waals surface area contributed by atoms with Crippen molar-refractivity contribution in [2.75, 3.05) is 11.9 Å². The van der Waals surface area contributed by atoms with Crippen molar-refractivity contribution in [3.05, 3.63) is 60.2 Å². The van der Waals surface area contributed by atoms with Gasteiger partial charge in [-0.1, -0.05) is 44.2 Å². The summed E-state index contributed by atoms with van der Waals surface area (Å²) in [5.74, 6) is 0.866. The summed E-state index contributed by atoms with van der Waals surface area (Å²) < 4.78 is 5.45. The van der Waals surface area contributed by atoms with Crippen molar-refractivity contribution in [1.29, 1.82) is 0 Å². The Hall–Kier alpha value is -2.07. The molecule has 2 aromatic rings. The van der Waals surface area contributed by atoms with Crippen LogP contribution < -0.4 is 15.4 Å². The Balaban J connectivity index is 1.87. The number of benzene rings is 2. The van der Waals surface area contributed by atoms with Gasteiger partial charge in [0.1, 0.15) is 5.75 Å². The largest absolute Gasteiger partial charge is 0.494 e. The maximum Gasteiger partial charge on any atom is 0.170 e. The molecule has 2 aromatic carbocycles. The molecule has 0 saturated heterocycles. The van der Waals surface area contributed by atoms with Crippen LogP contribution in [0.15, 0.2) is 54.6 Å². The summed E-state index contributed by atoms with van der Waals surface area (Å²) in [5, 5.41) is 7.25. The van der Waals surface area contributed by atoms with Crippen LogP contribution in [0.3, 0.4) is 0 Å². The van der Waals surface area contributed by atoms with Gasteiger partial charge in [0.15, 0.2) is 5.11 Å². The predicted molar refractivity (Wildman–Crippen MR) is 111 cm³/mol. The Bertz CT molecular complexity index is 668. The fourth-order valence-electron chi connectivity index (χ4n) is 3.02. The highest BCUT2D eigenvalue weighted by atomic mass is 32.1. The third-order valence-electron chi connectivity index (χ3n) is 4.17. The van der Waals surface area contributed by atoms with E-state index in [-0.39, 0.29) is 11.5 Å². The highest BCUT2D eigenvalue weighted by molar-refractivity contribution is 7.80. The molecule has 0 saturated carbocycles. The fourth-order valence-corrected chi connectivity index (χ4v) is 3.33. The third-order valence-corrected chi connectivity index (χ3v) is 4.39. The van der Waals surface area contributed by atoms with E-state index in [1.54, 1.807) is 0 Å². The van der Waals surface area contributed by atoms with Crippen molar-refractivity contribution >= 4 is 23.0 Å². The van der Waals surface area contributed by atoms with E-state index in [0.29, 0.717) is 11.7 Å². The monoisotopic (exact) mass is 356 g/mol. The van der Waals surface area contributed by atoms with Gasteiger partial charge in [0, 0.05) is 11.7 Å². The second kappa shape index (κ2) is 8.86. The lowest BCUT2D eigenvalue weighted by Gasteiger charge is -2.29. The first kappa shape index (κ1) is 19.3. The van der Waals surface area contributed by atoms with Crippen molar-refractivity contribution in [3.8, 4) is 5.75 Å². The fraction of sp³-hybridized carbons (Fsp3) is 0.381. The number of hydrogen-bond acceptors (Lipinski definition) is 2. The van der Waals surface area contributed by atoms with Crippen LogP contribution in [-0.4, -0.2) is 17.8 Å². The Morgan fingerprint density at radius 1 is 1.08 bits per heavy atom. The predicted octanol–water partition coefficient (Wildman–Crippen LogP) is 5.13. The molecule has 0 unspecified atom stereocenters. The van der Waals surface area contributed by atoms with Crippen LogP contribution in [-0.2, 0) is 5.41 Å². The van der Waals surface area contributed by atoms with E-state index < -0.39 is 0 Å². The molecule has 4 heteroatoms. The zero-order chi connectivity index (χ0) is 18.3. The minimum Gasteiger partial charge on any atom is -0.494 e. The van der Waals surface area contributed by atoms with Crippen molar-refractivity contribution in [2.45, 2.75) is 45.6 Å². The van der Waals surface area contributed by atoms with Gasteiger partial charge in [-0.3, -0.25) is 0 Å². The summed E-state index contributed by atoms with van der Waals surface area (Å²) in [5.41, 5.74) is 2.38. The molecule has 0 spiro atoms. The van der Waals surface area contributed by atoms with Gasteiger partial charge in [-0.25, -0.2) is 0 Å². The normalized spacial score (nSPS) is 12.3. The topological polar surface area (TPSA) is 33.3 Å². The molecule has 2 N–H and O–H groups in total. The Morgan fingerprint density at radius 2 is 1.72 bits per heavy atom. The number of thiocarbonyl (C=S) groups is 1. The van der Waals surface area contributed by atoms with E-state index >= 15 is 0 Å². The van der Waals surface area contributed by atoms with E-state index in [2.05, 4.69) is 61.7 Å². The second-order valence-corrected chi connectivity index (χ2v) is 7.32. The van der Waals surface area contributed by atoms with Gasteiger partial charge in [-0.05, 0) is 67.7 Å². The minimum atomic E-state index is 0.0857. The molecule has 0 aliphatic carbocycles. The van der Waals surface area contributed by atoms with Gasteiger partial charge in [0.2, 0.25) is 0 Å². The quantitative estimate of drug-likeness (QED) is 0.674. The van der Waals surface area contributed by atoms with E-state index in [4.69, 9.17) is 17.0 Å². The average Bonchev–Trinajstić information content (AvgIpc) is 2.57. The molecular formula is C21H28N2OS. The van der Waals surface area contributed by atoms with Crippen LogP contribution in [0.5, 0.6) is 5.75 Å². The zero-order valence-electron chi connectivity index (χ0n) is 15.5. The van der Waals surface area contributed by atoms with Crippen LogP contribution >= 0.6 is 12.2 Å². The van der Waals surface area contributed by atoms with Gasteiger partial charge < -0.3 is 15.4 Å². The maximum atomic E-state index is 5.45. The summed E-state index contributed by atoms with van der Waals surface area (Å²) in [6.45, 7) is 9.34. The van der Waals surface area contributed by atoms with Crippen LogP contribution in [0.4, 0.5) is 5.69 Å². The highest BCUT2D eigenvalue weighted by Crippen LogP contribution is 2.28. The van der Waals surface area contributed by atoms with Crippen LogP contribution in [0.2, 0.25) is 0 Å². The molecule has 0 bridgehead atoms. The standard InChI is InChI=1S/C21H28N2OS/c1-5-24-19-13-11-18(12-14-19)23-20(25)22-16(2)15-21(3,4)17-9-7-6-8-10-17/h6-14,16H,5,15H2,1-4H3,(H2,22,23,25)/t16-/m0/s1. The summed E-state index contributed by atoms with van der Waals surface area (Å²) >= 11 is 5.45. The molecule has 0 aliphatic heterocycles. The molecule has 0 aliphatic rings. The number of ether oxygens (including phenoxy) is 1. The van der Waals surface area contributed by atoms with E-state index in [1.807, 2.05) is 31.2 Å². The molecule has 0 amide bonds. The summed E-state index contributed by atoms with van der Waals surface area (Å²) in [6, 6.07) is 18.7. The first-order valence-electron chi connectivity index (χ1n) is 8.76. The lowest BCUT2D eigenvalue weighted by Crippen LogP contribution is -2.39. The molecular weight excluding hydrogens is 328 g/mol. The molecule has 3 nitrogen and oxygen atoms in total. The van der Waals surface area contributed by atoms with Crippen LogP contribution in [0.1, 0.15) is 39.7 Å². The van der Waals surface area contributed by atoms with Gasteiger partial charge in [-0.2, -0.15) is 0 Å². The third kappa shape index (κ3) is 6.05. The molecule has 1 atom stereocenters. The number of nitrogens with one attached hydrogen (secondary N) is 2. The number of anilines is 1. The molecule has 25 heavy (non-hydrogen) atoms. The van der Waals surface area contributed by atoms with Crippen molar-refractivity contribution in [2.24, 2.45) is 0 Å². The lowest BCUT2D eigenvalue weighted by atomic mass is 9.79. The van der Waals surface area contributed by atoms with Crippen molar-refractivity contribution in [3.63, 3.8) is 0 Å². The average molecular weight is 357 g/mol. The molecule has 134 valence electrons. The SMILES string of the molecule is CCOc1ccc(NC(=S)N[C@@H](C)CC(C)(C)c2ccccc2)cc1. The van der Waals surface area contributed by atoms with E-state index in [0.717, 1.165) is 17.9 Å². The summed E-state index contributed by atoms with van der Waals surface area (Å²) in [6.07, 6.45) is 0.988. The van der Waals surface area contributed by atoms with E-state index in [9.17, 15) is 0 Å². The first-order chi connectivity index (χ1) is 11.9. The smallest absolute Gasteiger partial charge is 0.170 e. The van der Waals surface area contributed by atoms with E-state index in [1.165, 1.54) is 5.56 Å². The Labute approximate surface area is 156 Å². The molecule has 0 fully saturated rings. The Morgan fingerprint density at radius 3 is 2.32 bits per heavy atom. The summed E-state index contributed by atoms with van der Waals surface area (Å²) in [4.78, 5) is 0. The van der Waals surface area contributed by atoms with Crippen molar-refractivity contribution < 1.29 is 4.74 Å². The van der Waals surface area contributed by atoms with Gasteiger partial charge in [-0.15, -0.1) is 0 Å². The van der Waals surface area contributed by atoms with Crippen LogP contribution in [0.25, 0.3) is 0 Å².